The number of benzene rings is 3. The van der Waals surface area contributed by atoms with Crippen molar-refractivity contribution < 1.29 is 9.53 Å². The molecule has 1 aliphatic heterocycles. The van der Waals surface area contributed by atoms with Crippen LogP contribution in [0.1, 0.15) is 41.0 Å². The first-order valence-corrected chi connectivity index (χ1v) is 14.0. The maximum Gasteiger partial charge on any atom is 0.229 e. The minimum absolute atomic E-state index is 0.00463. The molecule has 0 unspecified atom stereocenters. The Bertz CT molecular complexity index is 1280. The van der Waals surface area contributed by atoms with Crippen LogP contribution in [0.15, 0.2) is 72.8 Å². The van der Waals surface area contributed by atoms with Crippen molar-refractivity contribution in [2.45, 2.75) is 32.6 Å². The Hall–Kier alpha value is -3.06. The summed E-state index contributed by atoms with van der Waals surface area (Å²) < 4.78 is 6.63. The summed E-state index contributed by atoms with van der Waals surface area (Å²) >= 11 is 1.62. The fourth-order valence-corrected chi connectivity index (χ4v) is 6.09. The second kappa shape index (κ2) is 12.0. The fourth-order valence-electron chi connectivity index (χ4n) is 5.02. The minimum atomic E-state index is -0.00463. The number of nitrogens with zero attached hydrogens (tertiary/aromatic N) is 3. The second-order valence-corrected chi connectivity index (χ2v) is 10.8. The largest absolute Gasteiger partial charge is 0.379 e. The number of amides is 1. The molecule has 1 amide bonds. The summed E-state index contributed by atoms with van der Waals surface area (Å²) in [5.74, 6) is 0.114. The topological polar surface area (TPSA) is 45.7 Å². The maximum absolute atomic E-state index is 14.1. The van der Waals surface area contributed by atoms with Crippen molar-refractivity contribution in [1.29, 1.82) is 0 Å². The number of thiazole rings is 1. The average Bonchev–Trinajstić information content (AvgIpc) is 3.38. The van der Waals surface area contributed by atoms with Crippen molar-refractivity contribution >= 4 is 32.6 Å². The van der Waals surface area contributed by atoms with Gasteiger partial charge in [-0.2, -0.15) is 0 Å². The number of aryl methyl sites for hydroxylation is 2. The zero-order valence-corrected chi connectivity index (χ0v) is 22.5. The van der Waals surface area contributed by atoms with Crippen LogP contribution in [0.5, 0.6) is 0 Å². The van der Waals surface area contributed by atoms with Gasteiger partial charge in [0.05, 0.1) is 23.4 Å². The Balaban J connectivity index is 1.43. The lowest BCUT2D eigenvalue weighted by Crippen LogP contribution is -2.39. The van der Waals surface area contributed by atoms with E-state index in [9.17, 15) is 4.79 Å². The summed E-state index contributed by atoms with van der Waals surface area (Å²) in [6.07, 6.45) is 1.31. The fraction of sp³-hybridized carbons (Fsp3) is 0.355. The molecule has 1 fully saturated rings. The lowest BCUT2D eigenvalue weighted by molar-refractivity contribution is -0.118. The molecule has 1 aromatic heterocycles. The molecule has 6 heteroatoms. The second-order valence-electron chi connectivity index (χ2n) is 9.78. The zero-order valence-electron chi connectivity index (χ0n) is 21.7. The monoisotopic (exact) mass is 513 g/mol. The SMILES string of the molecule is Cc1ccc2sc(N(CCCN3CCOCC3)C(=O)CC(c3ccccc3)c3ccccc3)nc2c1C. The highest BCUT2D eigenvalue weighted by Crippen LogP contribution is 2.34. The smallest absolute Gasteiger partial charge is 0.229 e. The van der Waals surface area contributed by atoms with Crippen molar-refractivity contribution in [1.82, 2.24) is 9.88 Å². The minimum Gasteiger partial charge on any atom is -0.379 e. The van der Waals surface area contributed by atoms with E-state index in [0.29, 0.717) is 13.0 Å². The van der Waals surface area contributed by atoms with Gasteiger partial charge in [-0.25, -0.2) is 4.98 Å². The molecule has 192 valence electrons. The molecule has 0 radical (unpaired) electrons. The summed E-state index contributed by atoms with van der Waals surface area (Å²) in [6.45, 7) is 9.33. The van der Waals surface area contributed by atoms with Crippen LogP contribution in [-0.4, -0.2) is 55.2 Å². The van der Waals surface area contributed by atoms with Crippen LogP contribution in [0.4, 0.5) is 5.13 Å². The highest BCUT2D eigenvalue weighted by Gasteiger charge is 2.26. The van der Waals surface area contributed by atoms with E-state index < -0.39 is 0 Å². The maximum atomic E-state index is 14.1. The number of carbonyl (C=O) groups is 1. The van der Waals surface area contributed by atoms with Crippen molar-refractivity contribution in [3.63, 3.8) is 0 Å². The standard InChI is InChI=1S/C31H35N3O2S/c1-23-14-15-28-30(24(23)2)32-31(37-28)34(17-9-16-33-18-20-36-21-19-33)29(35)22-27(25-10-5-3-6-11-25)26-12-7-4-8-13-26/h3-8,10-15,27H,9,16-22H2,1-2H3. The predicted octanol–water partition coefficient (Wildman–Crippen LogP) is 6.19. The van der Waals surface area contributed by atoms with Gasteiger partial charge in [0.15, 0.2) is 5.13 Å². The average molecular weight is 514 g/mol. The highest BCUT2D eigenvalue weighted by molar-refractivity contribution is 7.22. The number of rotatable bonds is 9. The Kier molecular flexibility index (Phi) is 8.29. The molecule has 1 aliphatic rings. The molecular formula is C31H35N3O2S. The van der Waals surface area contributed by atoms with Gasteiger partial charge < -0.3 is 4.74 Å². The van der Waals surface area contributed by atoms with Crippen LogP contribution in [0, 0.1) is 13.8 Å². The zero-order chi connectivity index (χ0) is 25.6. The molecule has 2 heterocycles. The molecule has 3 aromatic carbocycles. The summed E-state index contributed by atoms with van der Waals surface area (Å²) in [4.78, 5) is 23.4. The number of fused-ring (bicyclic) bond motifs is 1. The summed E-state index contributed by atoms with van der Waals surface area (Å²) in [5, 5.41) is 0.801. The number of hydrogen-bond acceptors (Lipinski definition) is 5. The summed E-state index contributed by atoms with van der Waals surface area (Å²) in [7, 11) is 0. The normalized spacial score (nSPS) is 14.4. The van der Waals surface area contributed by atoms with Crippen LogP contribution >= 0.6 is 11.3 Å². The molecule has 0 atom stereocenters. The lowest BCUT2D eigenvalue weighted by atomic mass is 9.88. The van der Waals surface area contributed by atoms with Gasteiger partial charge in [-0.3, -0.25) is 14.6 Å². The van der Waals surface area contributed by atoms with Gasteiger partial charge in [-0.15, -0.1) is 0 Å². The van der Waals surface area contributed by atoms with E-state index in [-0.39, 0.29) is 11.8 Å². The first-order valence-electron chi connectivity index (χ1n) is 13.2. The van der Waals surface area contributed by atoms with Crippen LogP contribution in [0.25, 0.3) is 10.2 Å². The number of anilines is 1. The molecule has 0 N–H and O–H groups in total. The molecule has 5 rings (SSSR count). The van der Waals surface area contributed by atoms with Gasteiger partial charge in [0, 0.05) is 38.5 Å². The number of carbonyl (C=O) groups excluding carboxylic acids is 1. The molecule has 4 aromatic rings. The van der Waals surface area contributed by atoms with E-state index in [1.54, 1.807) is 11.3 Å². The highest BCUT2D eigenvalue weighted by atomic mass is 32.1. The first-order chi connectivity index (χ1) is 18.1. The van der Waals surface area contributed by atoms with Gasteiger partial charge >= 0.3 is 0 Å². The van der Waals surface area contributed by atoms with Crippen molar-refractivity contribution in [2.24, 2.45) is 0 Å². The van der Waals surface area contributed by atoms with Crippen LogP contribution in [0.2, 0.25) is 0 Å². The van der Waals surface area contributed by atoms with Crippen molar-refractivity contribution in [3.05, 3.63) is 95.1 Å². The van der Waals surface area contributed by atoms with E-state index in [1.165, 1.54) is 11.1 Å². The molecule has 1 saturated heterocycles. The Morgan fingerprint density at radius 3 is 2.27 bits per heavy atom. The van der Waals surface area contributed by atoms with Crippen molar-refractivity contribution in [2.75, 3.05) is 44.3 Å². The Morgan fingerprint density at radius 2 is 1.62 bits per heavy atom. The van der Waals surface area contributed by atoms with Gasteiger partial charge in [-0.05, 0) is 48.6 Å². The van der Waals surface area contributed by atoms with Crippen LogP contribution in [-0.2, 0) is 9.53 Å². The molecule has 0 bridgehead atoms. The first kappa shape index (κ1) is 25.6. The van der Waals surface area contributed by atoms with Gasteiger partial charge in [0.25, 0.3) is 0 Å². The Labute approximate surface area is 223 Å². The lowest BCUT2D eigenvalue weighted by Gasteiger charge is -2.28. The van der Waals surface area contributed by atoms with Gasteiger partial charge in [0.1, 0.15) is 0 Å². The summed E-state index contributed by atoms with van der Waals surface area (Å²) in [6, 6.07) is 25.0. The summed E-state index contributed by atoms with van der Waals surface area (Å²) in [5.41, 5.74) is 5.74. The predicted molar refractivity (Wildman–Crippen MR) is 153 cm³/mol. The van der Waals surface area contributed by atoms with E-state index in [1.807, 2.05) is 17.0 Å². The van der Waals surface area contributed by atoms with Crippen LogP contribution < -0.4 is 4.90 Å². The molecule has 0 saturated carbocycles. The molecule has 0 aliphatic carbocycles. The molecule has 37 heavy (non-hydrogen) atoms. The number of aromatic nitrogens is 1. The third-order valence-corrected chi connectivity index (χ3v) is 8.39. The number of ether oxygens (including phenoxy) is 1. The van der Waals surface area contributed by atoms with Crippen molar-refractivity contribution in [3.8, 4) is 0 Å². The van der Waals surface area contributed by atoms with Crippen LogP contribution in [0.3, 0.4) is 0 Å². The quantitative estimate of drug-likeness (QED) is 0.268. The van der Waals surface area contributed by atoms with E-state index >= 15 is 0 Å². The Morgan fingerprint density at radius 1 is 0.973 bits per heavy atom. The van der Waals surface area contributed by atoms with Gasteiger partial charge in [0.2, 0.25) is 5.91 Å². The molecular weight excluding hydrogens is 478 g/mol. The number of morpholine rings is 1. The van der Waals surface area contributed by atoms with E-state index in [4.69, 9.17) is 9.72 Å². The van der Waals surface area contributed by atoms with Gasteiger partial charge in [-0.1, -0.05) is 78.1 Å². The third kappa shape index (κ3) is 6.09. The van der Waals surface area contributed by atoms with E-state index in [0.717, 1.165) is 65.7 Å². The number of hydrogen-bond donors (Lipinski definition) is 0. The molecule has 5 nitrogen and oxygen atoms in total. The third-order valence-electron chi connectivity index (χ3n) is 7.35. The molecule has 0 spiro atoms. The van der Waals surface area contributed by atoms with E-state index in [2.05, 4.69) is 79.4 Å².